The second kappa shape index (κ2) is 6.91. The molecule has 0 spiro atoms. The third-order valence-corrected chi connectivity index (χ3v) is 3.90. The molecule has 0 saturated carbocycles. The highest BCUT2D eigenvalue weighted by Crippen LogP contribution is 2.18. The molecule has 1 saturated heterocycles. The lowest BCUT2D eigenvalue weighted by molar-refractivity contribution is -0.134. The first-order valence-electron chi connectivity index (χ1n) is 6.51. The molecule has 0 aliphatic carbocycles. The number of piperidine rings is 1. The molecule has 0 aromatic heterocycles. The minimum atomic E-state index is 0.0341. The monoisotopic (exact) mass is 326 g/mol. The van der Waals surface area contributed by atoms with Gasteiger partial charge in [-0.15, -0.1) is 0 Å². The fourth-order valence-corrected chi connectivity index (χ4v) is 2.58. The van der Waals surface area contributed by atoms with Crippen LogP contribution in [0.5, 0.6) is 5.75 Å². The minimum Gasteiger partial charge on any atom is -0.484 e. The summed E-state index contributed by atoms with van der Waals surface area (Å²) in [6, 6.07) is 7.86. The highest BCUT2D eigenvalue weighted by molar-refractivity contribution is 9.10. The zero-order valence-electron chi connectivity index (χ0n) is 11.1. The van der Waals surface area contributed by atoms with Crippen molar-refractivity contribution in [2.45, 2.75) is 18.9 Å². The van der Waals surface area contributed by atoms with Crippen molar-refractivity contribution in [3.05, 3.63) is 28.7 Å². The van der Waals surface area contributed by atoms with Gasteiger partial charge >= 0.3 is 0 Å². The SMILES string of the molecule is CN(C(=O)COc1cccc(Br)c1)C1CCNCC1. The molecule has 104 valence electrons. The molecular formula is C14H19BrN2O2. The van der Waals surface area contributed by atoms with Crippen LogP contribution in [0.3, 0.4) is 0 Å². The van der Waals surface area contributed by atoms with Crippen LogP contribution in [0.4, 0.5) is 0 Å². The fourth-order valence-electron chi connectivity index (χ4n) is 2.20. The van der Waals surface area contributed by atoms with Crippen LogP contribution in [-0.4, -0.2) is 43.6 Å². The van der Waals surface area contributed by atoms with Crippen molar-refractivity contribution in [2.24, 2.45) is 0 Å². The van der Waals surface area contributed by atoms with Gasteiger partial charge in [-0.2, -0.15) is 0 Å². The summed E-state index contributed by atoms with van der Waals surface area (Å²) >= 11 is 3.38. The Morgan fingerprint density at radius 3 is 2.89 bits per heavy atom. The van der Waals surface area contributed by atoms with Gasteiger partial charge in [-0.1, -0.05) is 22.0 Å². The Bertz CT molecular complexity index is 433. The molecule has 1 heterocycles. The summed E-state index contributed by atoms with van der Waals surface area (Å²) in [5, 5.41) is 3.30. The van der Waals surface area contributed by atoms with Crippen LogP contribution in [0.15, 0.2) is 28.7 Å². The summed E-state index contributed by atoms with van der Waals surface area (Å²) in [5.74, 6) is 0.744. The number of carbonyl (C=O) groups excluding carboxylic acids is 1. The smallest absolute Gasteiger partial charge is 0.260 e. The van der Waals surface area contributed by atoms with E-state index in [0.29, 0.717) is 11.8 Å². The number of halogens is 1. The van der Waals surface area contributed by atoms with Crippen molar-refractivity contribution < 1.29 is 9.53 Å². The van der Waals surface area contributed by atoms with Crippen molar-refractivity contribution in [3.8, 4) is 5.75 Å². The molecule has 5 heteroatoms. The fraction of sp³-hybridized carbons (Fsp3) is 0.500. The Kier molecular flexibility index (Phi) is 5.22. The van der Waals surface area contributed by atoms with Crippen molar-refractivity contribution >= 4 is 21.8 Å². The van der Waals surface area contributed by atoms with Gasteiger partial charge in [0.2, 0.25) is 0 Å². The zero-order chi connectivity index (χ0) is 13.7. The quantitative estimate of drug-likeness (QED) is 0.920. The third-order valence-electron chi connectivity index (χ3n) is 3.41. The predicted molar refractivity (Wildman–Crippen MR) is 78.3 cm³/mol. The Balaban J connectivity index is 1.83. The number of benzene rings is 1. The molecule has 1 aromatic rings. The van der Waals surface area contributed by atoms with E-state index in [1.165, 1.54) is 0 Å². The molecule has 19 heavy (non-hydrogen) atoms. The molecule has 0 atom stereocenters. The van der Waals surface area contributed by atoms with E-state index < -0.39 is 0 Å². The molecule has 1 aromatic carbocycles. The Hall–Kier alpha value is -1.07. The summed E-state index contributed by atoms with van der Waals surface area (Å²) < 4.78 is 6.47. The van der Waals surface area contributed by atoms with Crippen LogP contribution < -0.4 is 10.1 Å². The Morgan fingerprint density at radius 2 is 2.21 bits per heavy atom. The molecule has 0 unspecified atom stereocenters. The second-order valence-electron chi connectivity index (χ2n) is 4.73. The molecule has 2 rings (SSSR count). The van der Waals surface area contributed by atoms with Gasteiger partial charge in [0.1, 0.15) is 5.75 Å². The zero-order valence-corrected chi connectivity index (χ0v) is 12.6. The van der Waals surface area contributed by atoms with Gasteiger partial charge < -0.3 is 15.0 Å². The van der Waals surface area contributed by atoms with Crippen LogP contribution in [0.2, 0.25) is 0 Å². The number of likely N-dealkylation sites (N-methyl/N-ethyl adjacent to an activating group) is 1. The van der Waals surface area contributed by atoms with Gasteiger partial charge in [-0.05, 0) is 44.1 Å². The van der Waals surface area contributed by atoms with Crippen LogP contribution >= 0.6 is 15.9 Å². The first-order chi connectivity index (χ1) is 9.16. The highest BCUT2D eigenvalue weighted by Gasteiger charge is 2.21. The third kappa shape index (κ3) is 4.21. The first kappa shape index (κ1) is 14.3. The molecule has 1 N–H and O–H groups in total. The number of hydrogen-bond acceptors (Lipinski definition) is 3. The maximum Gasteiger partial charge on any atom is 0.260 e. The number of nitrogens with one attached hydrogen (secondary N) is 1. The topological polar surface area (TPSA) is 41.6 Å². The summed E-state index contributed by atoms with van der Waals surface area (Å²) in [6.45, 7) is 2.06. The average molecular weight is 327 g/mol. The lowest BCUT2D eigenvalue weighted by Crippen LogP contribution is -2.45. The van der Waals surface area contributed by atoms with Gasteiger partial charge in [0.25, 0.3) is 5.91 Å². The highest BCUT2D eigenvalue weighted by atomic mass is 79.9. The largest absolute Gasteiger partial charge is 0.484 e. The molecule has 1 amide bonds. The van der Waals surface area contributed by atoms with E-state index in [-0.39, 0.29) is 12.5 Å². The molecule has 0 radical (unpaired) electrons. The number of carbonyl (C=O) groups is 1. The van der Waals surface area contributed by atoms with Crippen molar-refractivity contribution in [3.63, 3.8) is 0 Å². The number of amides is 1. The van der Waals surface area contributed by atoms with Crippen LogP contribution in [-0.2, 0) is 4.79 Å². The molecular weight excluding hydrogens is 308 g/mol. The molecule has 1 aliphatic rings. The molecule has 4 nitrogen and oxygen atoms in total. The average Bonchev–Trinajstić information content (AvgIpc) is 2.45. The molecule has 1 fully saturated rings. The standard InChI is InChI=1S/C14H19BrN2O2/c1-17(12-5-7-16-8-6-12)14(18)10-19-13-4-2-3-11(15)9-13/h2-4,9,12,16H,5-8,10H2,1H3. The first-order valence-corrected chi connectivity index (χ1v) is 7.31. The van der Waals surface area contributed by atoms with Crippen LogP contribution in [0.25, 0.3) is 0 Å². The number of nitrogens with zero attached hydrogens (tertiary/aromatic N) is 1. The lowest BCUT2D eigenvalue weighted by Gasteiger charge is -2.31. The molecule has 1 aliphatic heterocycles. The summed E-state index contributed by atoms with van der Waals surface area (Å²) in [4.78, 5) is 13.9. The normalized spacial score (nSPS) is 16.1. The maximum absolute atomic E-state index is 12.1. The van der Waals surface area contributed by atoms with E-state index in [0.717, 1.165) is 30.4 Å². The van der Waals surface area contributed by atoms with Crippen molar-refractivity contribution in [1.82, 2.24) is 10.2 Å². The van der Waals surface area contributed by atoms with E-state index in [1.807, 2.05) is 36.2 Å². The number of rotatable bonds is 4. The minimum absolute atomic E-state index is 0.0341. The summed E-state index contributed by atoms with van der Waals surface area (Å²) in [5.41, 5.74) is 0. The predicted octanol–water partition coefficient (Wildman–Crippen LogP) is 2.04. The van der Waals surface area contributed by atoms with E-state index in [9.17, 15) is 4.79 Å². The summed E-state index contributed by atoms with van der Waals surface area (Å²) in [7, 11) is 1.86. The lowest BCUT2D eigenvalue weighted by atomic mass is 10.1. The Morgan fingerprint density at radius 1 is 1.47 bits per heavy atom. The van der Waals surface area contributed by atoms with Gasteiger partial charge in [-0.25, -0.2) is 0 Å². The van der Waals surface area contributed by atoms with Gasteiger partial charge in [0.05, 0.1) is 0 Å². The second-order valence-corrected chi connectivity index (χ2v) is 5.65. The van der Waals surface area contributed by atoms with E-state index in [2.05, 4.69) is 21.2 Å². The van der Waals surface area contributed by atoms with Crippen molar-refractivity contribution in [1.29, 1.82) is 0 Å². The number of hydrogen-bond donors (Lipinski definition) is 1. The maximum atomic E-state index is 12.1. The van der Waals surface area contributed by atoms with Gasteiger partial charge in [0.15, 0.2) is 6.61 Å². The van der Waals surface area contributed by atoms with Crippen LogP contribution in [0, 0.1) is 0 Å². The van der Waals surface area contributed by atoms with Gasteiger partial charge in [0, 0.05) is 17.6 Å². The summed E-state index contributed by atoms with van der Waals surface area (Å²) in [6.07, 6.45) is 2.03. The number of ether oxygens (including phenoxy) is 1. The van der Waals surface area contributed by atoms with Crippen molar-refractivity contribution in [2.75, 3.05) is 26.7 Å². The molecule has 0 bridgehead atoms. The Labute approximate surface area is 122 Å². The van der Waals surface area contributed by atoms with Gasteiger partial charge in [-0.3, -0.25) is 4.79 Å². The van der Waals surface area contributed by atoms with E-state index in [4.69, 9.17) is 4.74 Å². The van der Waals surface area contributed by atoms with E-state index in [1.54, 1.807) is 0 Å². The van der Waals surface area contributed by atoms with Crippen LogP contribution in [0.1, 0.15) is 12.8 Å². The van der Waals surface area contributed by atoms with E-state index >= 15 is 0 Å².